The van der Waals surface area contributed by atoms with Gasteiger partial charge in [0.25, 0.3) is 0 Å². The summed E-state index contributed by atoms with van der Waals surface area (Å²) in [5.74, 6) is 0.440. The van der Waals surface area contributed by atoms with Crippen molar-refractivity contribution in [2.75, 3.05) is 23.9 Å². The zero-order chi connectivity index (χ0) is 22.5. The Morgan fingerprint density at radius 3 is 2.56 bits per heavy atom. The second-order valence-corrected chi connectivity index (χ2v) is 7.91. The lowest BCUT2D eigenvalue weighted by Crippen LogP contribution is -2.50. The summed E-state index contributed by atoms with van der Waals surface area (Å²) in [4.78, 5) is 28.2. The molecule has 1 aliphatic rings. The number of aryl methyl sites for hydroxylation is 1. The number of fused-ring (bicyclic) bond motifs is 1. The number of para-hydroxylation sites is 1. The summed E-state index contributed by atoms with van der Waals surface area (Å²) in [6.07, 6.45) is 1.21. The van der Waals surface area contributed by atoms with Crippen molar-refractivity contribution >= 4 is 23.3 Å². The number of carbonyl (C=O) groups excluding carboxylic acids is 2. The number of urea groups is 1. The van der Waals surface area contributed by atoms with Crippen LogP contribution in [0.3, 0.4) is 0 Å². The minimum atomic E-state index is -0.709. The van der Waals surface area contributed by atoms with Crippen molar-refractivity contribution in [2.24, 2.45) is 0 Å². The van der Waals surface area contributed by atoms with Gasteiger partial charge in [0.05, 0.1) is 12.8 Å². The number of methoxy groups -OCH3 is 1. The molecule has 6 nitrogen and oxygen atoms in total. The van der Waals surface area contributed by atoms with Crippen molar-refractivity contribution in [3.05, 3.63) is 89.5 Å². The van der Waals surface area contributed by atoms with E-state index in [9.17, 15) is 9.59 Å². The fraction of sp³-hybridized carbons (Fsp3) is 0.231. The molecule has 3 amide bonds. The van der Waals surface area contributed by atoms with E-state index in [1.165, 1.54) is 0 Å². The number of nitrogens with zero attached hydrogens (tertiary/aromatic N) is 1. The van der Waals surface area contributed by atoms with Crippen LogP contribution in [0.4, 0.5) is 16.2 Å². The first-order valence-electron chi connectivity index (χ1n) is 10.7. The number of hydrogen-bond acceptors (Lipinski definition) is 3. The van der Waals surface area contributed by atoms with Crippen molar-refractivity contribution in [1.29, 1.82) is 0 Å². The SMILES string of the molecule is COc1ccc(C)cc1NC(=O)N[C@@H](Cc1ccccc1)C(=O)N1CCc2ccccc21. The lowest BCUT2D eigenvalue weighted by atomic mass is 10.0. The van der Waals surface area contributed by atoms with E-state index in [0.29, 0.717) is 24.4 Å². The highest BCUT2D eigenvalue weighted by atomic mass is 16.5. The van der Waals surface area contributed by atoms with Crippen molar-refractivity contribution in [3.8, 4) is 5.75 Å². The fourth-order valence-corrected chi connectivity index (χ4v) is 4.04. The van der Waals surface area contributed by atoms with Gasteiger partial charge in [-0.1, -0.05) is 54.6 Å². The van der Waals surface area contributed by atoms with Gasteiger partial charge < -0.3 is 20.3 Å². The van der Waals surface area contributed by atoms with E-state index in [2.05, 4.69) is 10.6 Å². The Kier molecular flexibility index (Phi) is 6.40. The van der Waals surface area contributed by atoms with Crippen LogP contribution in [-0.2, 0) is 17.6 Å². The summed E-state index contributed by atoms with van der Waals surface area (Å²) in [7, 11) is 1.56. The van der Waals surface area contributed by atoms with Gasteiger partial charge in [-0.25, -0.2) is 4.79 Å². The molecule has 0 bridgehead atoms. The van der Waals surface area contributed by atoms with Crippen LogP contribution in [0.25, 0.3) is 0 Å². The first-order chi connectivity index (χ1) is 15.5. The molecule has 32 heavy (non-hydrogen) atoms. The zero-order valence-electron chi connectivity index (χ0n) is 18.3. The Labute approximate surface area is 188 Å². The van der Waals surface area contributed by atoms with E-state index in [4.69, 9.17) is 4.74 Å². The normalized spacial score (nSPS) is 13.2. The minimum absolute atomic E-state index is 0.120. The third-order valence-electron chi connectivity index (χ3n) is 5.64. The molecule has 1 aliphatic heterocycles. The molecule has 0 saturated carbocycles. The summed E-state index contributed by atoms with van der Waals surface area (Å²) >= 11 is 0. The Hall–Kier alpha value is -3.80. The first kappa shape index (κ1) is 21.4. The van der Waals surface area contributed by atoms with Gasteiger partial charge in [0.1, 0.15) is 11.8 Å². The molecule has 0 radical (unpaired) electrons. The Morgan fingerprint density at radius 2 is 1.78 bits per heavy atom. The molecule has 6 heteroatoms. The van der Waals surface area contributed by atoms with E-state index in [-0.39, 0.29) is 5.91 Å². The topological polar surface area (TPSA) is 70.7 Å². The molecule has 0 aromatic heterocycles. The Balaban J connectivity index is 1.55. The number of amides is 3. The fourth-order valence-electron chi connectivity index (χ4n) is 4.04. The Morgan fingerprint density at radius 1 is 1.03 bits per heavy atom. The molecule has 1 atom stereocenters. The smallest absolute Gasteiger partial charge is 0.320 e. The van der Waals surface area contributed by atoms with E-state index in [0.717, 1.165) is 28.8 Å². The van der Waals surface area contributed by atoms with Gasteiger partial charge in [0.2, 0.25) is 5.91 Å². The van der Waals surface area contributed by atoms with Crippen LogP contribution in [0.15, 0.2) is 72.8 Å². The summed E-state index contributed by atoms with van der Waals surface area (Å²) < 4.78 is 5.35. The second-order valence-electron chi connectivity index (χ2n) is 7.91. The Bertz CT molecular complexity index is 1110. The number of benzene rings is 3. The van der Waals surface area contributed by atoms with E-state index in [1.54, 1.807) is 18.1 Å². The summed E-state index contributed by atoms with van der Waals surface area (Å²) in [6, 6.07) is 22.0. The number of rotatable bonds is 6. The minimum Gasteiger partial charge on any atom is -0.495 e. The molecule has 3 aromatic rings. The van der Waals surface area contributed by atoms with Crippen LogP contribution < -0.4 is 20.3 Å². The first-order valence-corrected chi connectivity index (χ1v) is 10.7. The molecule has 0 saturated heterocycles. The van der Waals surface area contributed by atoms with Gasteiger partial charge in [0, 0.05) is 18.7 Å². The molecule has 0 unspecified atom stereocenters. The average molecular weight is 430 g/mol. The third-order valence-corrected chi connectivity index (χ3v) is 5.64. The van der Waals surface area contributed by atoms with Gasteiger partial charge in [-0.2, -0.15) is 0 Å². The third kappa shape index (κ3) is 4.75. The average Bonchev–Trinajstić information content (AvgIpc) is 3.23. The lowest BCUT2D eigenvalue weighted by Gasteiger charge is -2.25. The van der Waals surface area contributed by atoms with Crippen LogP contribution in [0.1, 0.15) is 16.7 Å². The van der Waals surface area contributed by atoms with Gasteiger partial charge in [0.15, 0.2) is 0 Å². The molecule has 4 rings (SSSR count). The molecule has 1 heterocycles. The second kappa shape index (κ2) is 9.56. The molecular weight excluding hydrogens is 402 g/mol. The molecule has 2 N–H and O–H groups in total. The van der Waals surface area contributed by atoms with Gasteiger partial charge in [-0.05, 0) is 48.2 Å². The number of ether oxygens (including phenoxy) is 1. The molecule has 164 valence electrons. The predicted molar refractivity (Wildman–Crippen MR) is 126 cm³/mol. The van der Waals surface area contributed by atoms with Crippen LogP contribution in [0.5, 0.6) is 5.75 Å². The van der Waals surface area contributed by atoms with Gasteiger partial charge in [-0.15, -0.1) is 0 Å². The van der Waals surface area contributed by atoms with E-state index in [1.807, 2.05) is 73.7 Å². The quantitative estimate of drug-likeness (QED) is 0.613. The molecule has 0 spiro atoms. The predicted octanol–water partition coefficient (Wildman–Crippen LogP) is 4.33. The summed E-state index contributed by atoms with van der Waals surface area (Å²) in [5.41, 5.74) is 4.59. The zero-order valence-corrected chi connectivity index (χ0v) is 18.3. The highest BCUT2D eigenvalue weighted by Gasteiger charge is 2.31. The van der Waals surface area contributed by atoms with Crippen LogP contribution >= 0.6 is 0 Å². The maximum Gasteiger partial charge on any atom is 0.320 e. The highest BCUT2D eigenvalue weighted by molar-refractivity contribution is 6.02. The highest BCUT2D eigenvalue weighted by Crippen LogP contribution is 2.29. The van der Waals surface area contributed by atoms with Gasteiger partial charge in [-0.3, -0.25) is 4.79 Å². The summed E-state index contributed by atoms with van der Waals surface area (Å²) in [5, 5.41) is 5.73. The van der Waals surface area contributed by atoms with E-state index >= 15 is 0 Å². The largest absolute Gasteiger partial charge is 0.495 e. The molecule has 3 aromatic carbocycles. The number of carbonyl (C=O) groups is 2. The van der Waals surface area contributed by atoms with Crippen molar-refractivity contribution in [3.63, 3.8) is 0 Å². The number of anilines is 2. The standard InChI is InChI=1S/C26H27N3O3/c1-18-12-13-24(32-2)21(16-18)27-26(31)28-22(17-19-8-4-3-5-9-19)25(30)29-15-14-20-10-6-7-11-23(20)29/h3-13,16,22H,14-15,17H2,1-2H3,(H2,27,28,31)/t22-/m0/s1. The van der Waals surface area contributed by atoms with Crippen molar-refractivity contribution in [1.82, 2.24) is 5.32 Å². The van der Waals surface area contributed by atoms with Gasteiger partial charge >= 0.3 is 6.03 Å². The lowest BCUT2D eigenvalue weighted by molar-refractivity contribution is -0.120. The number of nitrogens with one attached hydrogen (secondary N) is 2. The maximum absolute atomic E-state index is 13.5. The van der Waals surface area contributed by atoms with Crippen molar-refractivity contribution < 1.29 is 14.3 Å². The monoisotopic (exact) mass is 429 g/mol. The van der Waals surface area contributed by atoms with Crippen LogP contribution in [-0.4, -0.2) is 31.6 Å². The number of hydrogen-bond donors (Lipinski definition) is 2. The molecule has 0 aliphatic carbocycles. The summed E-state index contributed by atoms with van der Waals surface area (Å²) in [6.45, 7) is 2.55. The molecular formula is C26H27N3O3. The van der Waals surface area contributed by atoms with Crippen LogP contribution in [0, 0.1) is 6.92 Å². The van der Waals surface area contributed by atoms with Crippen molar-refractivity contribution in [2.45, 2.75) is 25.8 Å². The molecule has 0 fully saturated rings. The van der Waals surface area contributed by atoms with E-state index < -0.39 is 12.1 Å². The van der Waals surface area contributed by atoms with Crippen LogP contribution in [0.2, 0.25) is 0 Å². The maximum atomic E-state index is 13.5.